The number of aryl methyl sites for hydroxylation is 1. The third kappa shape index (κ3) is 3.85. The topological polar surface area (TPSA) is 48.8 Å². The third-order valence-electron chi connectivity index (χ3n) is 4.90. The highest BCUT2D eigenvalue weighted by atomic mass is 16.2. The van der Waals surface area contributed by atoms with Crippen molar-refractivity contribution in [2.45, 2.75) is 6.42 Å². The Labute approximate surface area is 148 Å². The molecule has 134 valence electrons. The van der Waals surface area contributed by atoms with Crippen LogP contribution >= 0.6 is 0 Å². The van der Waals surface area contributed by atoms with Gasteiger partial charge in [-0.15, -0.1) is 0 Å². The number of fused-ring (bicyclic) bond motifs is 1. The number of piperazine rings is 1. The fourth-order valence-corrected chi connectivity index (χ4v) is 3.33. The van der Waals surface area contributed by atoms with Crippen LogP contribution in [0.3, 0.4) is 0 Å². The predicted octanol–water partition coefficient (Wildman–Crippen LogP) is 0.953. The van der Waals surface area contributed by atoms with Gasteiger partial charge in [0.2, 0.25) is 11.8 Å². The highest BCUT2D eigenvalue weighted by Crippen LogP contribution is 2.21. The lowest BCUT2D eigenvalue weighted by atomic mass is 10.1. The molecular weight excluding hydrogens is 316 g/mol. The first kappa shape index (κ1) is 17.5. The minimum atomic E-state index is 0.107. The Morgan fingerprint density at radius 1 is 1.08 bits per heavy atom. The van der Waals surface area contributed by atoms with Gasteiger partial charge in [0.05, 0.1) is 13.0 Å². The summed E-state index contributed by atoms with van der Waals surface area (Å²) in [6, 6.07) is 8.17. The van der Waals surface area contributed by atoms with Crippen LogP contribution in [0.5, 0.6) is 0 Å². The Morgan fingerprint density at radius 3 is 2.44 bits per heavy atom. The molecule has 25 heavy (non-hydrogen) atoms. The molecule has 0 bridgehead atoms. The number of carbonyl (C=O) groups excluding carboxylic acids is 2. The van der Waals surface area contributed by atoms with Crippen LogP contribution in [0.1, 0.15) is 5.56 Å². The molecule has 0 spiro atoms. The van der Waals surface area contributed by atoms with Gasteiger partial charge in [-0.1, -0.05) is 18.2 Å². The van der Waals surface area contributed by atoms with Crippen molar-refractivity contribution in [3.05, 3.63) is 36.0 Å². The molecular formula is C19H26N4O2. The molecule has 1 aromatic carbocycles. The van der Waals surface area contributed by atoms with Gasteiger partial charge in [0.1, 0.15) is 0 Å². The Bertz CT molecular complexity index is 773. The highest BCUT2D eigenvalue weighted by molar-refractivity contribution is 5.89. The summed E-state index contributed by atoms with van der Waals surface area (Å²) in [6.45, 7) is 3.30. The van der Waals surface area contributed by atoms with Gasteiger partial charge >= 0.3 is 0 Å². The average molecular weight is 342 g/mol. The number of hydrogen-bond acceptors (Lipinski definition) is 3. The van der Waals surface area contributed by atoms with Crippen LogP contribution in [0.25, 0.3) is 10.9 Å². The fourth-order valence-electron chi connectivity index (χ4n) is 3.33. The zero-order chi connectivity index (χ0) is 18.0. The minimum absolute atomic E-state index is 0.107. The second-order valence-electron chi connectivity index (χ2n) is 6.90. The maximum absolute atomic E-state index is 12.7. The molecule has 0 unspecified atom stereocenters. The molecule has 0 atom stereocenters. The van der Waals surface area contributed by atoms with Gasteiger partial charge in [-0.05, 0) is 11.6 Å². The molecule has 6 nitrogen and oxygen atoms in total. The lowest BCUT2D eigenvalue weighted by molar-refractivity contribution is -0.133. The smallest absolute Gasteiger partial charge is 0.236 e. The maximum Gasteiger partial charge on any atom is 0.236 e. The van der Waals surface area contributed by atoms with Crippen molar-refractivity contribution in [1.29, 1.82) is 0 Å². The largest absolute Gasteiger partial charge is 0.350 e. The van der Waals surface area contributed by atoms with E-state index in [-0.39, 0.29) is 11.8 Å². The summed E-state index contributed by atoms with van der Waals surface area (Å²) >= 11 is 0. The number of para-hydroxylation sites is 1. The number of amides is 2. The molecule has 0 N–H and O–H groups in total. The second-order valence-corrected chi connectivity index (χ2v) is 6.90. The Morgan fingerprint density at radius 2 is 1.76 bits per heavy atom. The Hall–Kier alpha value is -2.34. The standard InChI is InChI=1S/C19H26N4O2/c1-20(2)19(25)14-22-8-10-23(11-9-22)18(24)12-15-13-21(3)17-7-5-4-6-16(15)17/h4-7,13H,8-12,14H2,1-3H3. The van der Waals surface area contributed by atoms with Crippen LogP contribution in [-0.2, 0) is 23.1 Å². The predicted molar refractivity (Wildman–Crippen MR) is 98.3 cm³/mol. The third-order valence-corrected chi connectivity index (χ3v) is 4.90. The van der Waals surface area contributed by atoms with Gasteiger partial charge in [-0.25, -0.2) is 0 Å². The van der Waals surface area contributed by atoms with E-state index in [0.29, 0.717) is 26.1 Å². The number of rotatable bonds is 4. The summed E-state index contributed by atoms with van der Waals surface area (Å²) in [5.74, 6) is 0.269. The molecule has 1 aliphatic rings. The van der Waals surface area contributed by atoms with Crippen LogP contribution in [0.2, 0.25) is 0 Å². The first-order valence-electron chi connectivity index (χ1n) is 8.69. The Kier molecular flexibility index (Phi) is 5.08. The van der Waals surface area contributed by atoms with Crippen LogP contribution in [-0.4, -0.2) is 77.9 Å². The lowest BCUT2D eigenvalue weighted by Gasteiger charge is -2.34. The average Bonchev–Trinajstić information content (AvgIpc) is 2.91. The summed E-state index contributed by atoms with van der Waals surface area (Å²) in [7, 11) is 5.55. The number of benzene rings is 1. The molecule has 0 aliphatic carbocycles. The lowest BCUT2D eigenvalue weighted by Crippen LogP contribution is -2.51. The van der Waals surface area contributed by atoms with Gasteiger partial charge in [0.25, 0.3) is 0 Å². The van der Waals surface area contributed by atoms with Gasteiger partial charge < -0.3 is 14.4 Å². The number of carbonyl (C=O) groups is 2. The first-order chi connectivity index (χ1) is 12.0. The van der Waals surface area contributed by atoms with E-state index in [4.69, 9.17) is 0 Å². The second kappa shape index (κ2) is 7.27. The van der Waals surface area contributed by atoms with Crippen LogP contribution in [0, 0.1) is 0 Å². The van der Waals surface area contributed by atoms with Crippen molar-refractivity contribution in [2.24, 2.45) is 7.05 Å². The van der Waals surface area contributed by atoms with E-state index in [1.165, 1.54) is 0 Å². The molecule has 2 heterocycles. The summed E-state index contributed by atoms with van der Waals surface area (Å²) in [4.78, 5) is 30.1. The van der Waals surface area contributed by atoms with E-state index >= 15 is 0 Å². The van der Waals surface area contributed by atoms with Crippen molar-refractivity contribution in [3.63, 3.8) is 0 Å². The van der Waals surface area contributed by atoms with Crippen LogP contribution in [0.4, 0.5) is 0 Å². The monoisotopic (exact) mass is 342 g/mol. The molecule has 6 heteroatoms. The van der Waals surface area contributed by atoms with Crippen molar-refractivity contribution in [3.8, 4) is 0 Å². The zero-order valence-electron chi connectivity index (χ0n) is 15.2. The molecule has 1 aliphatic heterocycles. The summed E-state index contributed by atoms with van der Waals surface area (Å²) in [5.41, 5.74) is 2.23. The molecule has 1 saturated heterocycles. The highest BCUT2D eigenvalue weighted by Gasteiger charge is 2.23. The minimum Gasteiger partial charge on any atom is -0.350 e. The van der Waals surface area contributed by atoms with E-state index in [1.807, 2.05) is 24.1 Å². The van der Waals surface area contributed by atoms with Crippen molar-refractivity contribution >= 4 is 22.7 Å². The molecule has 2 amide bonds. The number of nitrogens with zero attached hydrogens (tertiary/aromatic N) is 4. The summed E-state index contributed by atoms with van der Waals surface area (Å²) < 4.78 is 2.07. The Balaban J connectivity index is 1.59. The van der Waals surface area contributed by atoms with Gasteiger partial charge in [0.15, 0.2) is 0 Å². The molecule has 3 rings (SSSR count). The molecule has 2 aromatic rings. The van der Waals surface area contributed by atoms with Gasteiger partial charge in [-0.3, -0.25) is 14.5 Å². The van der Waals surface area contributed by atoms with E-state index < -0.39 is 0 Å². The summed E-state index contributed by atoms with van der Waals surface area (Å²) in [5, 5.41) is 1.15. The summed E-state index contributed by atoms with van der Waals surface area (Å²) in [6.07, 6.45) is 2.48. The molecule has 1 aromatic heterocycles. The van der Waals surface area contributed by atoms with E-state index in [0.717, 1.165) is 29.6 Å². The first-order valence-corrected chi connectivity index (χ1v) is 8.69. The number of likely N-dealkylation sites (N-methyl/N-ethyl adjacent to an activating group) is 1. The maximum atomic E-state index is 12.7. The van der Waals surface area contributed by atoms with Crippen molar-refractivity contribution < 1.29 is 9.59 Å². The molecule has 0 radical (unpaired) electrons. The van der Waals surface area contributed by atoms with E-state index in [2.05, 4.69) is 27.8 Å². The number of hydrogen-bond donors (Lipinski definition) is 0. The number of aromatic nitrogens is 1. The van der Waals surface area contributed by atoms with Crippen LogP contribution in [0.15, 0.2) is 30.5 Å². The molecule has 1 fully saturated rings. The van der Waals surface area contributed by atoms with E-state index in [9.17, 15) is 9.59 Å². The fraction of sp³-hybridized carbons (Fsp3) is 0.474. The normalized spacial score (nSPS) is 15.6. The molecule has 0 saturated carbocycles. The van der Waals surface area contributed by atoms with Gasteiger partial charge in [-0.2, -0.15) is 0 Å². The van der Waals surface area contributed by atoms with Crippen molar-refractivity contribution in [2.75, 3.05) is 46.8 Å². The SMILES string of the molecule is CN(C)C(=O)CN1CCN(C(=O)Cc2cn(C)c3ccccc23)CC1. The van der Waals surface area contributed by atoms with Crippen molar-refractivity contribution in [1.82, 2.24) is 19.3 Å². The zero-order valence-corrected chi connectivity index (χ0v) is 15.2. The quantitative estimate of drug-likeness (QED) is 0.831. The van der Waals surface area contributed by atoms with E-state index in [1.54, 1.807) is 19.0 Å². The van der Waals surface area contributed by atoms with Gasteiger partial charge in [0, 0.05) is 64.4 Å². The van der Waals surface area contributed by atoms with Crippen LogP contribution < -0.4 is 0 Å².